The van der Waals surface area contributed by atoms with E-state index in [0.717, 1.165) is 11.4 Å². The number of hydrogen-bond donors (Lipinski definition) is 1. The number of piperazine rings is 1. The molecule has 1 aromatic heterocycles. The van der Waals surface area contributed by atoms with Crippen molar-refractivity contribution in [2.75, 3.05) is 31.1 Å². The zero-order chi connectivity index (χ0) is 20.1. The molecular formula is C21H24ClN5O. The largest absolute Gasteiger partial charge is 0.353 e. The second-order valence-corrected chi connectivity index (χ2v) is 7.65. The number of halogens is 1. The van der Waals surface area contributed by atoms with Crippen LogP contribution in [0.4, 0.5) is 10.6 Å². The summed E-state index contributed by atoms with van der Waals surface area (Å²) >= 11 is 5.98. The van der Waals surface area contributed by atoms with Crippen molar-refractivity contribution in [1.29, 1.82) is 5.26 Å². The summed E-state index contributed by atoms with van der Waals surface area (Å²) in [4.78, 5) is 21.1. The van der Waals surface area contributed by atoms with Gasteiger partial charge in [-0.05, 0) is 35.7 Å². The average molecular weight is 398 g/mol. The van der Waals surface area contributed by atoms with Crippen molar-refractivity contribution < 1.29 is 4.79 Å². The molecule has 1 N–H and O–H groups in total. The summed E-state index contributed by atoms with van der Waals surface area (Å²) < 4.78 is 0. The molecule has 1 aliphatic heterocycles. The third-order valence-corrected chi connectivity index (χ3v) is 5.19. The number of hydrogen-bond acceptors (Lipinski definition) is 4. The number of rotatable bonds is 4. The molecule has 6 nitrogen and oxygen atoms in total. The number of urea groups is 1. The van der Waals surface area contributed by atoms with E-state index in [1.54, 1.807) is 18.3 Å². The summed E-state index contributed by atoms with van der Waals surface area (Å²) in [5.74, 6) is 1.03. The molecule has 0 saturated carbocycles. The maximum Gasteiger partial charge on any atom is 0.318 e. The Bertz CT molecular complexity index is 854. The number of carbonyl (C=O) groups is 1. The Balaban J connectivity index is 1.61. The molecule has 1 aromatic carbocycles. The van der Waals surface area contributed by atoms with E-state index in [1.165, 1.54) is 0 Å². The minimum atomic E-state index is -0.0724. The van der Waals surface area contributed by atoms with E-state index in [0.29, 0.717) is 36.8 Å². The van der Waals surface area contributed by atoms with Gasteiger partial charge in [0.05, 0.1) is 17.7 Å². The maximum atomic E-state index is 12.8. The van der Waals surface area contributed by atoms with Gasteiger partial charge in [0, 0.05) is 37.4 Å². The van der Waals surface area contributed by atoms with Crippen LogP contribution >= 0.6 is 11.6 Å². The fourth-order valence-electron chi connectivity index (χ4n) is 3.33. The zero-order valence-electron chi connectivity index (χ0n) is 16.1. The van der Waals surface area contributed by atoms with Crippen molar-refractivity contribution in [2.24, 2.45) is 5.92 Å². The number of carbonyl (C=O) groups excluding carboxylic acids is 1. The van der Waals surface area contributed by atoms with Gasteiger partial charge in [-0.25, -0.2) is 9.78 Å². The molecular weight excluding hydrogens is 374 g/mol. The molecule has 0 aliphatic carbocycles. The lowest BCUT2D eigenvalue weighted by atomic mass is 9.96. The molecule has 1 aliphatic rings. The number of pyridine rings is 1. The molecule has 2 heterocycles. The van der Waals surface area contributed by atoms with Crippen molar-refractivity contribution in [3.05, 3.63) is 58.7 Å². The Morgan fingerprint density at radius 3 is 2.46 bits per heavy atom. The Morgan fingerprint density at radius 1 is 1.18 bits per heavy atom. The van der Waals surface area contributed by atoms with E-state index in [1.807, 2.05) is 29.2 Å². The van der Waals surface area contributed by atoms with Gasteiger partial charge in [0.2, 0.25) is 0 Å². The monoisotopic (exact) mass is 397 g/mol. The molecule has 1 saturated heterocycles. The molecule has 1 atom stereocenters. The lowest BCUT2D eigenvalue weighted by Crippen LogP contribution is -2.52. The van der Waals surface area contributed by atoms with Crippen LogP contribution in [0.25, 0.3) is 0 Å². The van der Waals surface area contributed by atoms with E-state index in [2.05, 4.69) is 35.1 Å². The Hall–Kier alpha value is -2.78. The first-order valence-electron chi connectivity index (χ1n) is 9.40. The van der Waals surface area contributed by atoms with Crippen LogP contribution in [0.5, 0.6) is 0 Å². The molecule has 1 fully saturated rings. The minimum absolute atomic E-state index is 0.0629. The van der Waals surface area contributed by atoms with Crippen molar-refractivity contribution >= 4 is 23.4 Å². The molecule has 146 valence electrons. The molecule has 2 aromatic rings. The smallest absolute Gasteiger partial charge is 0.318 e. The first-order chi connectivity index (χ1) is 13.5. The van der Waals surface area contributed by atoms with Gasteiger partial charge >= 0.3 is 6.03 Å². The van der Waals surface area contributed by atoms with Crippen LogP contribution in [0.15, 0.2) is 42.6 Å². The van der Waals surface area contributed by atoms with Crippen molar-refractivity contribution in [3.8, 4) is 6.07 Å². The molecule has 7 heteroatoms. The highest BCUT2D eigenvalue weighted by Crippen LogP contribution is 2.24. The second-order valence-electron chi connectivity index (χ2n) is 7.21. The van der Waals surface area contributed by atoms with Gasteiger partial charge < -0.3 is 15.1 Å². The summed E-state index contributed by atoms with van der Waals surface area (Å²) in [6, 6.07) is 13.1. The van der Waals surface area contributed by atoms with Gasteiger partial charge in [-0.2, -0.15) is 5.26 Å². The van der Waals surface area contributed by atoms with Crippen molar-refractivity contribution in [3.63, 3.8) is 0 Å². The van der Waals surface area contributed by atoms with Gasteiger partial charge in [0.25, 0.3) is 0 Å². The quantitative estimate of drug-likeness (QED) is 0.850. The lowest BCUT2D eigenvalue weighted by molar-refractivity contribution is 0.186. The second kappa shape index (κ2) is 8.94. The molecule has 0 radical (unpaired) electrons. The third kappa shape index (κ3) is 4.73. The van der Waals surface area contributed by atoms with Crippen LogP contribution < -0.4 is 10.2 Å². The SMILES string of the molecule is CC(C)[C@H](NC(=O)N1CCN(c2cc(C#N)ccn2)CC1)c1ccc(Cl)cc1. The predicted octanol–water partition coefficient (Wildman–Crippen LogP) is 3.84. The van der Waals surface area contributed by atoms with Crippen LogP contribution in [0, 0.1) is 17.2 Å². The predicted molar refractivity (Wildman–Crippen MR) is 110 cm³/mol. The van der Waals surface area contributed by atoms with Gasteiger partial charge in [-0.3, -0.25) is 0 Å². The van der Waals surface area contributed by atoms with Crippen LogP contribution in [0.2, 0.25) is 5.02 Å². The number of nitrogens with zero attached hydrogens (tertiary/aromatic N) is 4. The summed E-state index contributed by atoms with van der Waals surface area (Å²) in [7, 11) is 0. The minimum Gasteiger partial charge on any atom is -0.353 e. The van der Waals surface area contributed by atoms with Gasteiger partial charge in [0.15, 0.2) is 0 Å². The normalized spacial score (nSPS) is 15.2. The molecule has 0 bridgehead atoms. The summed E-state index contributed by atoms with van der Waals surface area (Å²) in [6.45, 7) is 6.76. The van der Waals surface area contributed by atoms with E-state index >= 15 is 0 Å². The van der Waals surface area contributed by atoms with Gasteiger partial charge in [-0.1, -0.05) is 37.6 Å². The number of nitrogens with one attached hydrogen (secondary N) is 1. The standard InChI is InChI=1S/C21H24ClN5O/c1-15(2)20(17-3-5-18(22)6-4-17)25-21(28)27-11-9-26(10-12-27)19-13-16(14-23)7-8-24-19/h3-8,13,15,20H,9-12H2,1-2H3,(H,25,28)/t20-/m0/s1. The van der Waals surface area contributed by atoms with E-state index in [9.17, 15) is 4.79 Å². The van der Waals surface area contributed by atoms with Crippen LogP contribution in [0.1, 0.15) is 31.0 Å². The fourth-order valence-corrected chi connectivity index (χ4v) is 3.45. The highest BCUT2D eigenvalue weighted by atomic mass is 35.5. The number of benzene rings is 1. The number of aromatic nitrogens is 1. The van der Waals surface area contributed by atoms with E-state index < -0.39 is 0 Å². The van der Waals surface area contributed by atoms with Crippen LogP contribution in [-0.2, 0) is 0 Å². The first-order valence-corrected chi connectivity index (χ1v) is 9.77. The molecule has 0 spiro atoms. The van der Waals surface area contributed by atoms with E-state index in [-0.39, 0.29) is 18.0 Å². The van der Waals surface area contributed by atoms with Gasteiger partial charge in [-0.15, -0.1) is 0 Å². The number of anilines is 1. The topological polar surface area (TPSA) is 72.3 Å². The summed E-state index contributed by atoms with van der Waals surface area (Å²) in [5, 5.41) is 12.9. The Kier molecular flexibility index (Phi) is 6.37. The third-order valence-electron chi connectivity index (χ3n) is 4.94. The molecule has 28 heavy (non-hydrogen) atoms. The Labute approximate surface area is 170 Å². The summed E-state index contributed by atoms with van der Waals surface area (Å²) in [6.07, 6.45) is 1.65. The van der Waals surface area contributed by atoms with Crippen LogP contribution in [-0.4, -0.2) is 42.1 Å². The van der Waals surface area contributed by atoms with Crippen molar-refractivity contribution in [2.45, 2.75) is 19.9 Å². The highest BCUT2D eigenvalue weighted by molar-refractivity contribution is 6.30. The zero-order valence-corrected chi connectivity index (χ0v) is 16.9. The lowest BCUT2D eigenvalue weighted by Gasteiger charge is -2.36. The number of nitriles is 1. The molecule has 0 unspecified atom stereocenters. The number of amides is 2. The first kappa shape index (κ1) is 20.0. The summed E-state index contributed by atoms with van der Waals surface area (Å²) in [5.41, 5.74) is 1.64. The molecule has 3 rings (SSSR count). The molecule has 2 amide bonds. The Morgan fingerprint density at radius 2 is 1.86 bits per heavy atom. The van der Waals surface area contributed by atoms with E-state index in [4.69, 9.17) is 16.9 Å². The van der Waals surface area contributed by atoms with Crippen LogP contribution in [0.3, 0.4) is 0 Å². The van der Waals surface area contributed by atoms with Crippen molar-refractivity contribution in [1.82, 2.24) is 15.2 Å². The maximum absolute atomic E-state index is 12.8. The fraction of sp³-hybridized carbons (Fsp3) is 0.381. The van der Waals surface area contributed by atoms with Gasteiger partial charge in [0.1, 0.15) is 5.82 Å². The average Bonchev–Trinajstić information content (AvgIpc) is 2.72. The highest BCUT2D eigenvalue weighted by Gasteiger charge is 2.25.